The van der Waals surface area contributed by atoms with E-state index in [1.165, 1.54) is 11.8 Å². The van der Waals surface area contributed by atoms with Crippen LogP contribution in [0, 0.1) is 13.8 Å². The fraction of sp³-hybridized carbons (Fsp3) is 0.250. The minimum Gasteiger partial charge on any atom is -0.309 e. The number of hydrogen-bond acceptors (Lipinski definition) is 4. The van der Waals surface area contributed by atoms with E-state index in [4.69, 9.17) is 0 Å². The molecule has 0 aliphatic rings. The van der Waals surface area contributed by atoms with Crippen molar-refractivity contribution >= 4 is 18.0 Å². The summed E-state index contributed by atoms with van der Waals surface area (Å²) in [4.78, 5) is 11.9. The van der Waals surface area contributed by atoms with Gasteiger partial charge >= 0.3 is 0 Å². The maximum Gasteiger partial charge on any atom is 0.195 e. The number of aromatic nitrogens is 3. The predicted molar refractivity (Wildman–Crippen MR) is 66.4 cm³/mol. The number of aryl methyl sites for hydroxylation is 2. The zero-order valence-electron chi connectivity index (χ0n) is 9.97. The maximum absolute atomic E-state index is 11.0. The van der Waals surface area contributed by atoms with Crippen molar-refractivity contribution in [3.05, 3.63) is 35.2 Å². The minimum absolute atomic E-state index is 0.690. The molecule has 2 rings (SSSR count). The first-order chi connectivity index (χ1) is 8.11. The Morgan fingerprint density at radius 2 is 2.06 bits per heavy atom. The Hall–Kier alpha value is -1.62. The summed E-state index contributed by atoms with van der Waals surface area (Å²) in [5, 5.41) is 8.84. The zero-order valence-corrected chi connectivity index (χ0v) is 10.8. The molecule has 0 bridgehead atoms. The molecule has 0 amide bonds. The van der Waals surface area contributed by atoms with Crippen LogP contribution in [0.2, 0.25) is 0 Å². The average molecular weight is 247 g/mol. The van der Waals surface area contributed by atoms with Gasteiger partial charge in [0.05, 0.1) is 0 Å². The van der Waals surface area contributed by atoms with Gasteiger partial charge in [0.25, 0.3) is 0 Å². The SMILES string of the molecule is Cc1ccc(Sc2nnc(C)n2C)c(C=O)c1. The normalized spacial score (nSPS) is 10.5. The Kier molecular flexibility index (Phi) is 3.28. The second kappa shape index (κ2) is 4.71. The topological polar surface area (TPSA) is 47.8 Å². The summed E-state index contributed by atoms with van der Waals surface area (Å²) in [5.41, 5.74) is 1.77. The average Bonchev–Trinajstić information content (AvgIpc) is 2.63. The van der Waals surface area contributed by atoms with Gasteiger partial charge in [-0.25, -0.2) is 0 Å². The van der Waals surface area contributed by atoms with Crippen molar-refractivity contribution in [1.29, 1.82) is 0 Å². The highest BCUT2D eigenvalue weighted by molar-refractivity contribution is 7.99. The van der Waals surface area contributed by atoms with Crippen LogP contribution in [0.15, 0.2) is 28.3 Å². The van der Waals surface area contributed by atoms with Crippen LogP contribution in [0.3, 0.4) is 0 Å². The second-order valence-electron chi connectivity index (χ2n) is 3.85. The predicted octanol–water partition coefficient (Wildman–Crippen LogP) is 2.40. The molecule has 88 valence electrons. The van der Waals surface area contributed by atoms with E-state index >= 15 is 0 Å². The highest BCUT2D eigenvalue weighted by Crippen LogP contribution is 2.28. The molecule has 0 radical (unpaired) electrons. The lowest BCUT2D eigenvalue weighted by Crippen LogP contribution is -1.94. The fourth-order valence-corrected chi connectivity index (χ4v) is 2.34. The third-order valence-electron chi connectivity index (χ3n) is 2.55. The molecule has 0 saturated heterocycles. The Morgan fingerprint density at radius 1 is 1.29 bits per heavy atom. The lowest BCUT2D eigenvalue weighted by Gasteiger charge is -2.05. The standard InChI is InChI=1S/C12H13N3OS/c1-8-4-5-11(10(6-8)7-16)17-12-14-13-9(2)15(12)3/h4-7H,1-3H3. The molecule has 2 aromatic rings. The molecule has 17 heavy (non-hydrogen) atoms. The molecule has 4 nitrogen and oxygen atoms in total. The fourth-order valence-electron chi connectivity index (χ4n) is 1.43. The molecule has 1 aromatic heterocycles. The summed E-state index contributed by atoms with van der Waals surface area (Å²) in [7, 11) is 1.91. The van der Waals surface area contributed by atoms with Crippen molar-refractivity contribution in [3.8, 4) is 0 Å². The van der Waals surface area contributed by atoms with Crippen molar-refractivity contribution in [2.75, 3.05) is 0 Å². The summed E-state index contributed by atoms with van der Waals surface area (Å²) in [6.45, 7) is 3.86. The van der Waals surface area contributed by atoms with Crippen LogP contribution in [-0.2, 0) is 7.05 Å². The molecule has 0 fully saturated rings. The molecule has 5 heteroatoms. The molecule has 0 spiro atoms. The Morgan fingerprint density at radius 3 is 2.65 bits per heavy atom. The van der Waals surface area contributed by atoms with Gasteiger partial charge in [-0.2, -0.15) is 0 Å². The Bertz CT molecular complexity index is 563. The number of hydrogen-bond donors (Lipinski definition) is 0. The van der Waals surface area contributed by atoms with E-state index in [2.05, 4.69) is 10.2 Å². The summed E-state index contributed by atoms with van der Waals surface area (Å²) in [6.07, 6.45) is 0.874. The molecule has 0 saturated carbocycles. The molecule has 0 aliphatic heterocycles. The molecule has 0 atom stereocenters. The number of nitrogens with zero attached hydrogens (tertiary/aromatic N) is 3. The number of aldehydes is 1. The molecule has 0 N–H and O–H groups in total. The Balaban J connectivity index is 2.36. The summed E-state index contributed by atoms with van der Waals surface area (Å²) < 4.78 is 1.90. The third-order valence-corrected chi connectivity index (χ3v) is 3.68. The lowest BCUT2D eigenvalue weighted by molar-refractivity contribution is 0.112. The van der Waals surface area contributed by atoms with Gasteiger partial charge in [-0.15, -0.1) is 10.2 Å². The second-order valence-corrected chi connectivity index (χ2v) is 4.86. The van der Waals surface area contributed by atoms with Crippen molar-refractivity contribution in [1.82, 2.24) is 14.8 Å². The molecular formula is C12H13N3OS. The number of carbonyl (C=O) groups is 1. The highest BCUT2D eigenvalue weighted by Gasteiger charge is 2.10. The van der Waals surface area contributed by atoms with Crippen LogP contribution in [0.4, 0.5) is 0 Å². The van der Waals surface area contributed by atoms with Gasteiger partial charge in [0.1, 0.15) is 5.82 Å². The van der Waals surface area contributed by atoms with E-state index in [1.807, 2.05) is 43.7 Å². The van der Waals surface area contributed by atoms with E-state index in [-0.39, 0.29) is 0 Å². The quantitative estimate of drug-likeness (QED) is 0.781. The van der Waals surface area contributed by atoms with E-state index in [0.29, 0.717) is 5.56 Å². The molecule has 1 heterocycles. The first kappa shape index (κ1) is 11.9. The Labute approximate surface area is 104 Å². The maximum atomic E-state index is 11.0. The van der Waals surface area contributed by atoms with E-state index < -0.39 is 0 Å². The monoisotopic (exact) mass is 247 g/mol. The summed E-state index contributed by atoms with van der Waals surface area (Å²) in [5.74, 6) is 0.854. The van der Waals surface area contributed by atoms with Crippen LogP contribution in [0.1, 0.15) is 21.7 Å². The van der Waals surface area contributed by atoms with Crippen LogP contribution >= 0.6 is 11.8 Å². The molecular weight excluding hydrogens is 234 g/mol. The van der Waals surface area contributed by atoms with Crippen LogP contribution < -0.4 is 0 Å². The van der Waals surface area contributed by atoms with Gasteiger partial charge in [-0.3, -0.25) is 4.79 Å². The highest BCUT2D eigenvalue weighted by atomic mass is 32.2. The molecule has 1 aromatic carbocycles. The summed E-state index contributed by atoms with van der Waals surface area (Å²) in [6, 6.07) is 5.80. The van der Waals surface area contributed by atoms with E-state index in [9.17, 15) is 4.79 Å². The number of carbonyl (C=O) groups excluding carboxylic acids is 1. The van der Waals surface area contributed by atoms with Gasteiger partial charge in [-0.1, -0.05) is 11.6 Å². The van der Waals surface area contributed by atoms with Gasteiger partial charge < -0.3 is 4.57 Å². The molecule has 0 aliphatic carbocycles. The smallest absolute Gasteiger partial charge is 0.195 e. The van der Waals surface area contributed by atoms with Crippen molar-refractivity contribution < 1.29 is 4.79 Å². The van der Waals surface area contributed by atoms with E-state index in [0.717, 1.165) is 27.7 Å². The number of rotatable bonds is 3. The largest absolute Gasteiger partial charge is 0.309 e. The lowest BCUT2D eigenvalue weighted by atomic mass is 10.2. The van der Waals surface area contributed by atoms with Crippen LogP contribution in [0.5, 0.6) is 0 Å². The van der Waals surface area contributed by atoms with Crippen molar-refractivity contribution in [2.45, 2.75) is 23.9 Å². The third kappa shape index (κ3) is 2.39. The van der Waals surface area contributed by atoms with Gasteiger partial charge in [0.15, 0.2) is 11.4 Å². The van der Waals surface area contributed by atoms with Gasteiger partial charge in [0.2, 0.25) is 0 Å². The van der Waals surface area contributed by atoms with Gasteiger partial charge in [-0.05, 0) is 37.7 Å². The zero-order chi connectivity index (χ0) is 12.4. The van der Waals surface area contributed by atoms with Crippen LogP contribution in [0.25, 0.3) is 0 Å². The first-order valence-electron chi connectivity index (χ1n) is 5.21. The summed E-state index contributed by atoms with van der Waals surface area (Å²) >= 11 is 1.45. The number of benzene rings is 1. The van der Waals surface area contributed by atoms with Gasteiger partial charge in [0, 0.05) is 17.5 Å². The van der Waals surface area contributed by atoms with Crippen LogP contribution in [-0.4, -0.2) is 21.1 Å². The van der Waals surface area contributed by atoms with E-state index in [1.54, 1.807) is 0 Å². The van der Waals surface area contributed by atoms with Crippen molar-refractivity contribution in [3.63, 3.8) is 0 Å². The van der Waals surface area contributed by atoms with Crippen molar-refractivity contribution in [2.24, 2.45) is 7.05 Å². The molecule has 0 unspecified atom stereocenters. The minimum atomic E-state index is 0.690. The first-order valence-corrected chi connectivity index (χ1v) is 6.03.